The smallest absolute Gasteiger partial charge is 0.291 e. The first-order chi connectivity index (χ1) is 14.0. The molecule has 7 nitrogen and oxygen atoms in total. The number of halogens is 1. The van der Waals surface area contributed by atoms with Crippen molar-refractivity contribution in [3.63, 3.8) is 0 Å². The quantitative estimate of drug-likeness (QED) is 0.594. The maximum atomic E-state index is 12.7. The number of hydrogen-bond donors (Lipinski definition) is 2. The largest absolute Gasteiger partial charge is 0.324 e. The van der Waals surface area contributed by atoms with Gasteiger partial charge in [-0.15, -0.1) is 0 Å². The summed E-state index contributed by atoms with van der Waals surface area (Å²) in [5.41, 5.74) is 1.38. The van der Waals surface area contributed by atoms with Crippen LogP contribution in [0.25, 0.3) is 11.3 Å². The summed E-state index contributed by atoms with van der Waals surface area (Å²) in [7, 11) is 0. The molecule has 148 valence electrons. The molecule has 0 aliphatic heterocycles. The minimum atomic E-state index is -0.545. The molecule has 0 aliphatic carbocycles. The van der Waals surface area contributed by atoms with Crippen molar-refractivity contribution in [2.45, 2.75) is 19.9 Å². The van der Waals surface area contributed by atoms with Gasteiger partial charge in [0.25, 0.3) is 5.56 Å². The highest BCUT2D eigenvalue weighted by molar-refractivity contribution is 9.10. The highest BCUT2D eigenvalue weighted by Gasteiger charge is 2.14. The average molecular weight is 455 g/mol. The van der Waals surface area contributed by atoms with Crippen LogP contribution in [0.5, 0.6) is 0 Å². The van der Waals surface area contributed by atoms with Crippen LogP contribution in [-0.2, 0) is 16.1 Å². The summed E-state index contributed by atoms with van der Waals surface area (Å²) in [6.45, 7) is 1.40. The van der Waals surface area contributed by atoms with Gasteiger partial charge in [-0.1, -0.05) is 59.3 Å². The molecule has 29 heavy (non-hydrogen) atoms. The monoisotopic (exact) mass is 454 g/mol. The normalized spacial score (nSPS) is 10.4. The van der Waals surface area contributed by atoms with Crippen molar-refractivity contribution in [2.24, 2.45) is 0 Å². The fourth-order valence-corrected chi connectivity index (χ4v) is 3.03. The summed E-state index contributed by atoms with van der Waals surface area (Å²) >= 11 is 3.35. The van der Waals surface area contributed by atoms with E-state index in [1.807, 2.05) is 36.4 Å². The second-order valence-corrected chi connectivity index (χ2v) is 7.15. The van der Waals surface area contributed by atoms with Crippen molar-refractivity contribution < 1.29 is 9.59 Å². The highest BCUT2D eigenvalue weighted by Crippen LogP contribution is 2.18. The standard InChI is InChI=1S/C21H19BrN4O3/c1-2-19(27)24-18-12-17(14-7-4-3-5-8-14)25-26(21(18)29)13-20(28)23-16-10-6-9-15(22)11-16/h3-12H,2,13H2,1H3,(H,23,28)(H,24,27). The average Bonchev–Trinajstić information content (AvgIpc) is 2.71. The summed E-state index contributed by atoms with van der Waals surface area (Å²) in [4.78, 5) is 37.0. The van der Waals surface area contributed by atoms with Crippen LogP contribution in [-0.4, -0.2) is 21.6 Å². The molecule has 0 saturated heterocycles. The van der Waals surface area contributed by atoms with Crippen molar-refractivity contribution in [1.29, 1.82) is 0 Å². The Morgan fingerprint density at radius 1 is 1.00 bits per heavy atom. The first kappa shape index (κ1) is 20.5. The number of carbonyl (C=O) groups excluding carboxylic acids is 2. The van der Waals surface area contributed by atoms with Gasteiger partial charge in [0.05, 0.1) is 5.69 Å². The third-order valence-electron chi connectivity index (χ3n) is 4.04. The zero-order valence-corrected chi connectivity index (χ0v) is 17.3. The molecule has 2 aromatic carbocycles. The molecule has 3 aromatic rings. The van der Waals surface area contributed by atoms with E-state index in [9.17, 15) is 14.4 Å². The molecule has 2 N–H and O–H groups in total. The molecule has 0 bridgehead atoms. The number of anilines is 2. The molecule has 2 amide bonds. The number of benzene rings is 2. The van der Waals surface area contributed by atoms with Crippen molar-refractivity contribution in [3.8, 4) is 11.3 Å². The van der Waals surface area contributed by atoms with E-state index in [1.165, 1.54) is 6.07 Å². The molecule has 0 unspecified atom stereocenters. The molecule has 0 fully saturated rings. The Balaban J connectivity index is 1.93. The number of nitrogens with one attached hydrogen (secondary N) is 2. The molecule has 0 atom stereocenters. The van der Waals surface area contributed by atoms with Gasteiger partial charge in [-0.25, -0.2) is 4.68 Å². The second kappa shape index (κ2) is 9.29. The van der Waals surface area contributed by atoms with Gasteiger partial charge in [-0.3, -0.25) is 14.4 Å². The van der Waals surface area contributed by atoms with Crippen molar-refractivity contribution in [1.82, 2.24) is 9.78 Å². The second-order valence-electron chi connectivity index (χ2n) is 6.23. The maximum Gasteiger partial charge on any atom is 0.291 e. The van der Waals surface area contributed by atoms with Crippen LogP contribution in [0.1, 0.15) is 13.3 Å². The van der Waals surface area contributed by atoms with Gasteiger partial charge in [0.15, 0.2) is 0 Å². The summed E-state index contributed by atoms with van der Waals surface area (Å²) in [6, 6.07) is 17.9. The number of carbonyl (C=O) groups is 2. The Labute approximate surface area is 175 Å². The van der Waals surface area contributed by atoms with Crippen LogP contribution in [0.3, 0.4) is 0 Å². The summed E-state index contributed by atoms with van der Waals surface area (Å²) in [6.07, 6.45) is 0.228. The van der Waals surface area contributed by atoms with Gasteiger partial charge in [-0.05, 0) is 24.3 Å². The highest BCUT2D eigenvalue weighted by atomic mass is 79.9. The fraction of sp³-hybridized carbons (Fsp3) is 0.143. The Kier molecular flexibility index (Phi) is 6.56. The molecule has 8 heteroatoms. The van der Waals surface area contributed by atoms with Gasteiger partial charge in [0, 0.05) is 22.1 Å². The van der Waals surface area contributed by atoms with Crippen molar-refractivity contribution in [2.75, 3.05) is 10.6 Å². The van der Waals surface area contributed by atoms with Crippen LogP contribution >= 0.6 is 15.9 Å². The molecule has 3 rings (SSSR count). The van der Waals surface area contributed by atoms with Crippen LogP contribution in [0.2, 0.25) is 0 Å². The minimum Gasteiger partial charge on any atom is -0.324 e. The van der Waals surface area contributed by atoms with Crippen molar-refractivity contribution in [3.05, 3.63) is 75.5 Å². The molecule has 0 spiro atoms. The summed E-state index contributed by atoms with van der Waals surface area (Å²) in [5, 5.41) is 9.64. The van der Waals surface area contributed by atoms with Gasteiger partial charge in [0.2, 0.25) is 11.8 Å². The SMILES string of the molecule is CCC(=O)Nc1cc(-c2ccccc2)nn(CC(=O)Nc2cccc(Br)c2)c1=O. The lowest BCUT2D eigenvalue weighted by atomic mass is 10.1. The lowest BCUT2D eigenvalue weighted by Gasteiger charge is -2.12. The van der Waals surface area contributed by atoms with Gasteiger partial charge in [-0.2, -0.15) is 5.10 Å². The molecule has 1 aromatic heterocycles. The Bertz CT molecular complexity index is 1100. The summed E-state index contributed by atoms with van der Waals surface area (Å²) < 4.78 is 1.88. The Morgan fingerprint density at radius 2 is 1.76 bits per heavy atom. The van der Waals surface area contributed by atoms with E-state index < -0.39 is 11.5 Å². The number of aromatic nitrogens is 2. The number of amides is 2. The Hall–Kier alpha value is -3.26. The predicted octanol–water partition coefficient (Wildman–Crippen LogP) is 3.66. The predicted molar refractivity (Wildman–Crippen MR) is 116 cm³/mol. The van der Waals surface area contributed by atoms with E-state index in [2.05, 4.69) is 31.7 Å². The Morgan fingerprint density at radius 3 is 2.45 bits per heavy atom. The van der Waals surface area contributed by atoms with Crippen molar-refractivity contribution >= 4 is 39.1 Å². The minimum absolute atomic E-state index is 0.0842. The molecule has 1 heterocycles. The van der Waals surface area contributed by atoms with Crippen LogP contribution in [0.4, 0.5) is 11.4 Å². The van der Waals surface area contributed by atoms with E-state index in [0.29, 0.717) is 11.4 Å². The number of hydrogen-bond acceptors (Lipinski definition) is 4. The van der Waals surface area contributed by atoms with E-state index >= 15 is 0 Å². The first-order valence-electron chi connectivity index (χ1n) is 8.99. The molecule has 0 saturated carbocycles. The first-order valence-corrected chi connectivity index (χ1v) is 9.78. The summed E-state index contributed by atoms with van der Waals surface area (Å²) in [5.74, 6) is -0.701. The molecular weight excluding hydrogens is 436 g/mol. The molecular formula is C21H19BrN4O3. The fourth-order valence-electron chi connectivity index (χ4n) is 2.63. The zero-order valence-electron chi connectivity index (χ0n) is 15.7. The third kappa shape index (κ3) is 5.39. The number of nitrogens with zero attached hydrogens (tertiary/aromatic N) is 2. The molecule has 0 aliphatic rings. The topological polar surface area (TPSA) is 93.1 Å². The van der Waals surface area contributed by atoms with E-state index in [0.717, 1.165) is 14.7 Å². The van der Waals surface area contributed by atoms with Gasteiger partial charge < -0.3 is 10.6 Å². The lowest BCUT2D eigenvalue weighted by molar-refractivity contribution is -0.117. The van der Waals surface area contributed by atoms with E-state index in [4.69, 9.17) is 0 Å². The van der Waals surface area contributed by atoms with E-state index in [1.54, 1.807) is 25.1 Å². The third-order valence-corrected chi connectivity index (χ3v) is 4.53. The van der Waals surface area contributed by atoms with E-state index in [-0.39, 0.29) is 24.6 Å². The number of rotatable bonds is 6. The van der Waals surface area contributed by atoms with Crippen LogP contribution in [0.15, 0.2) is 69.9 Å². The zero-order chi connectivity index (χ0) is 20.8. The maximum absolute atomic E-state index is 12.7. The van der Waals surface area contributed by atoms with Gasteiger partial charge in [0.1, 0.15) is 12.2 Å². The molecule has 0 radical (unpaired) electrons. The lowest BCUT2D eigenvalue weighted by Crippen LogP contribution is -2.32. The van der Waals surface area contributed by atoms with Gasteiger partial charge >= 0.3 is 0 Å². The van der Waals surface area contributed by atoms with Crippen LogP contribution in [0, 0.1) is 0 Å². The van der Waals surface area contributed by atoms with Crippen LogP contribution < -0.4 is 16.2 Å².